The van der Waals surface area contributed by atoms with Crippen molar-refractivity contribution in [3.63, 3.8) is 0 Å². The van der Waals surface area contributed by atoms with Gasteiger partial charge in [0, 0.05) is 20.6 Å². The van der Waals surface area contributed by atoms with Gasteiger partial charge in [-0.25, -0.2) is 0 Å². The Kier molecular flexibility index (Phi) is 6.45. The van der Waals surface area contributed by atoms with E-state index in [0.29, 0.717) is 0 Å². The van der Waals surface area contributed by atoms with Gasteiger partial charge < -0.3 is 19.7 Å². The van der Waals surface area contributed by atoms with Gasteiger partial charge in [0.05, 0.1) is 25.4 Å². The van der Waals surface area contributed by atoms with Gasteiger partial charge >= 0.3 is 0 Å². The summed E-state index contributed by atoms with van der Waals surface area (Å²) in [4.78, 5) is 0. The number of aliphatic hydroxyl groups excluding tert-OH is 2. The minimum atomic E-state index is -0.731. The molecule has 0 amide bonds. The van der Waals surface area contributed by atoms with Crippen LogP contribution >= 0.6 is 0 Å². The molecule has 0 aromatic heterocycles. The molecule has 2 N–H and O–H groups in total. The molecule has 0 spiro atoms. The largest absolute Gasteiger partial charge is 0.390 e. The molecule has 0 rings (SSSR count). The van der Waals surface area contributed by atoms with Gasteiger partial charge in [-0.3, -0.25) is 0 Å². The van der Waals surface area contributed by atoms with Crippen LogP contribution in [0.4, 0.5) is 0 Å². The molecule has 0 aliphatic heterocycles. The Balaban J connectivity index is 3.32. The van der Waals surface area contributed by atoms with Crippen molar-refractivity contribution in [3.8, 4) is 0 Å². The molecule has 0 heterocycles. The Hall–Kier alpha value is -0.160. The third-order valence-corrected chi connectivity index (χ3v) is 1.12. The van der Waals surface area contributed by atoms with E-state index < -0.39 is 12.2 Å². The first-order chi connectivity index (χ1) is 5.20. The summed E-state index contributed by atoms with van der Waals surface area (Å²) in [6.07, 6.45) is -0.0946. The van der Waals surface area contributed by atoms with Gasteiger partial charge in [-0.1, -0.05) is 0 Å². The molecule has 4 nitrogen and oxygen atoms in total. The highest BCUT2D eigenvalue weighted by atomic mass is 16.5. The Labute approximate surface area is 66.7 Å². The zero-order valence-corrected chi connectivity index (χ0v) is 6.86. The van der Waals surface area contributed by atoms with E-state index in [9.17, 15) is 0 Å². The second-order valence-corrected chi connectivity index (χ2v) is 2.24. The lowest BCUT2D eigenvalue weighted by Crippen LogP contribution is -2.25. The Morgan fingerprint density at radius 1 is 1.09 bits per heavy atom. The number of rotatable bonds is 6. The van der Waals surface area contributed by atoms with Crippen molar-refractivity contribution in [2.75, 3.05) is 27.4 Å². The molecule has 0 aromatic rings. The fourth-order valence-corrected chi connectivity index (χ4v) is 0.709. The third kappa shape index (κ3) is 6.25. The lowest BCUT2D eigenvalue weighted by atomic mass is 10.2. The van der Waals surface area contributed by atoms with E-state index in [-0.39, 0.29) is 13.2 Å². The van der Waals surface area contributed by atoms with Crippen LogP contribution in [0.2, 0.25) is 0 Å². The van der Waals surface area contributed by atoms with Gasteiger partial charge in [0.25, 0.3) is 0 Å². The van der Waals surface area contributed by atoms with Crippen LogP contribution in [0.1, 0.15) is 0 Å². The fraction of sp³-hybridized carbons (Fsp3) is 0.857. The summed E-state index contributed by atoms with van der Waals surface area (Å²) in [6.45, 7) is 0.390. The molecule has 0 fully saturated rings. The van der Waals surface area contributed by atoms with Crippen LogP contribution in [0.3, 0.4) is 0 Å². The summed E-state index contributed by atoms with van der Waals surface area (Å²) >= 11 is 0. The van der Waals surface area contributed by atoms with Crippen LogP contribution in [0.25, 0.3) is 0 Å². The predicted molar refractivity (Wildman–Crippen MR) is 40.1 cm³/mol. The van der Waals surface area contributed by atoms with Crippen molar-refractivity contribution in [3.05, 3.63) is 6.42 Å². The zero-order valence-electron chi connectivity index (χ0n) is 6.86. The third-order valence-electron chi connectivity index (χ3n) is 1.12. The van der Waals surface area contributed by atoms with Crippen LogP contribution in [-0.2, 0) is 9.47 Å². The first kappa shape index (κ1) is 10.8. The maximum absolute atomic E-state index is 9.05. The smallest absolute Gasteiger partial charge is 0.0831 e. The van der Waals surface area contributed by atoms with E-state index in [1.165, 1.54) is 20.6 Å². The average Bonchev–Trinajstić information content (AvgIpc) is 1.87. The van der Waals surface area contributed by atoms with E-state index in [0.717, 1.165) is 0 Å². The number of aliphatic hydroxyl groups is 2. The first-order valence-corrected chi connectivity index (χ1v) is 3.39. The van der Waals surface area contributed by atoms with Crippen LogP contribution in [0.15, 0.2) is 0 Å². The number of hydrogen-bond donors (Lipinski definition) is 2. The highest BCUT2D eigenvalue weighted by molar-refractivity contribution is 4.82. The van der Waals surface area contributed by atoms with Crippen molar-refractivity contribution in [2.45, 2.75) is 12.2 Å². The van der Waals surface area contributed by atoms with Gasteiger partial charge in [-0.15, -0.1) is 0 Å². The van der Waals surface area contributed by atoms with Crippen molar-refractivity contribution in [1.29, 1.82) is 0 Å². The number of hydrogen-bond acceptors (Lipinski definition) is 4. The summed E-state index contributed by atoms with van der Waals surface area (Å²) in [5, 5.41) is 18.1. The van der Waals surface area contributed by atoms with Gasteiger partial charge in [0.1, 0.15) is 0 Å². The molecule has 0 saturated heterocycles. The normalized spacial score (nSPS) is 16.4. The summed E-state index contributed by atoms with van der Waals surface area (Å²) in [7, 11) is 2.97. The molecule has 67 valence electrons. The monoisotopic (exact) mass is 163 g/mol. The van der Waals surface area contributed by atoms with Gasteiger partial charge in [-0.05, 0) is 0 Å². The molecule has 0 saturated carbocycles. The van der Waals surface area contributed by atoms with E-state index in [2.05, 4.69) is 9.47 Å². The summed E-state index contributed by atoms with van der Waals surface area (Å²) in [5.41, 5.74) is 0. The number of ether oxygens (including phenoxy) is 2. The summed E-state index contributed by atoms with van der Waals surface area (Å²) in [6, 6.07) is 0. The number of methoxy groups -OCH3 is 2. The van der Waals surface area contributed by atoms with E-state index in [4.69, 9.17) is 10.2 Å². The van der Waals surface area contributed by atoms with Crippen LogP contribution < -0.4 is 0 Å². The highest BCUT2D eigenvalue weighted by Crippen LogP contribution is 1.97. The standard InChI is InChI=1S/C7H15O4/c1-10-4-6(8)3-7(9)5-11-2/h3,6-9H,4-5H2,1-2H3. The van der Waals surface area contributed by atoms with Gasteiger partial charge in [-0.2, -0.15) is 0 Å². The van der Waals surface area contributed by atoms with E-state index in [1.54, 1.807) is 0 Å². The maximum Gasteiger partial charge on any atom is 0.0831 e. The molecule has 4 heteroatoms. The molecule has 0 aliphatic rings. The zero-order chi connectivity index (χ0) is 8.69. The van der Waals surface area contributed by atoms with Gasteiger partial charge in [0.15, 0.2) is 0 Å². The van der Waals surface area contributed by atoms with Crippen LogP contribution in [-0.4, -0.2) is 49.9 Å². The molecule has 0 aliphatic carbocycles. The fourth-order valence-electron chi connectivity index (χ4n) is 0.709. The van der Waals surface area contributed by atoms with Crippen molar-refractivity contribution in [1.82, 2.24) is 0 Å². The molecule has 1 radical (unpaired) electrons. The van der Waals surface area contributed by atoms with Crippen LogP contribution in [0.5, 0.6) is 0 Å². The highest BCUT2D eigenvalue weighted by Gasteiger charge is 2.11. The maximum atomic E-state index is 9.05. The Morgan fingerprint density at radius 3 is 1.73 bits per heavy atom. The quantitative estimate of drug-likeness (QED) is 0.538. The van der Waals surface area contributed by atoms with Crippen molar-refractivity contribution >= 4 is 0 Å². The predicted octanol–water partition coefficient (Wildman–Crippen LogP) is -0.795. The lowest BCUT2D eigenvalue weighted by Gasteiger charge is -2.13. The first-order valence-electron chi connectivity index (χ1n) is 3.39. The minimum absolute atomic E-state index is 0.195. The van der Waals surface area contributed by atoms with Crippen molar-refractivity contribution < 1.29 is 19.7 Å². The van der Waals surface area contributed by atoms with E-state index in [1.807, 2.05) is 0 Å². The van der Waals surface area contributed by atoms with Gasteiger partial charge in [0.2, 0.25) is 0 Å². The SMILES string of the molecule is COCC(O)[CH]C(O)COC. The Bertz CT molecular complexity index is 76.5. The topological polar surface area (TPSA) is 58.9 Å². The average molecular weight is 163 g/mol. The summed E-state index contributed by atoms with van der Waals surface area (Å²) in [5.74, 6) is 0. The second kappa shape index (κ2) is 6.54. The molecule has 11 heavy (non-hydrogen) atoms. The van der Waals surface area contributed by atoms with Crippen LogP contribution in [0, 0.1) is 6.42 Å². The van der Waals surface area contributed by atoms with Crippen molar-refractivity contribution in [2.24, 2.45) is 0 Å². The molecular weight excluding hydrogens is 148 g/mol. The minimum Gasteiger partial charge on any atom is -0.390 e. The molecular formula is C7H15O4. The Morgan fingerprint density at radius 2 is 1.45 bits per heavy atom. The lowest BCUT2D eigenvalue weighted by molar-refractivity contribution is 0.0370. The summed E-state index contributed by atoms with van der Waals surface area (Å²) < 4.78 is 9.30. The molecule has 2 unspecified atom stereocenters. The molecule has 0 bridgehead atoms. The second-order valence-electron chi connectivity index (χ2n) is 2.24. The molecule has 2 atom stereocenters. The van der Waals surface area contributed by atoms with E-state index >= 15 is 0 Å². The molecule has 0 aromatic carbocycles.